The zero-order chi connectivity index (χ0) is 17.8. The second kappa shape index (κ2) is 7.36. The maximum Gasteiger partial charge on any atom is 0.246 e. The van der Waals surface area contributed by atoms with Crippen LogP contribution in [0.25, 0.3) is 11.4 Å². The van der Waals surface area contributed by atoms with Crippen molar-refractivity contribution in [2.75, 3.05) is 12.4 Å². The Balaban J connectivity index is 1.81. The third-order valence-electron chi connectivity index (χ3n) is 3.62. The number of hydrogen-bond donors (Lipinski definition) is 1. The first kappa shape index (κ1) is 17.0. The van der Waals surface area contributed by atoms with Crippen LogP contribution in [0.3, 0.4) is 0 Å². The normalized spacial score (nSPS) is 10.5. The van der Waals surface area contributed by atoms with Gasteiger partial charge in [0.05, 0.1) is 7.11 Å². The summed E-state index contributed by atoms with van der Waals surface area (Å²) in [6.45, 7) is 1.95. The van der Waals surface area contributed by atoms with Crippen LogP contribution in [-0.2, 0) is 6.54 Å². The van der Waals surface area contributed by atoms with E-state index in [1.807, 2.05) is 36.4 Å². The van der Waals surface area contributed by atoms with Gasteiger partial charge in [-0.15, -0.1) is 5.10 Å². The lowest BCUT2D eigenvalue weighted by Crippen LogP contribution is -2.13. The molecule has 0 fully saturated rings. The zero-order valence-corrected chi connectivity index (χ0v) is 14.6. The zero-order valence-electron chi connectivity index (χ0n) is 13.9. The summed E-state index contributed by atoms with van der Waals surface area (Å²) in [5.41, 5.74) is 1.82. The Labute approximate surface area is 150 Å². The summed E-state index contributed by atoms with van der Waals surface area (Å²) >= 11 is 5.90. The van der Waals surface area contributed by atoms with E-state index in [-0.39, 0.29) is 5.91 Å². The minimum absolute atomic E-state index is 0.218. The molecular weight excluding hydrogens is 340 g/mol. The van der Waals surface area contributed by atoms with E-state index in [1.165, 1.54) is 11.6 Å². The van der Waals surface area contributed by atoms with Crippen molar-refractivity contribution in [3.8, 4) is 17.1 Å². The fraction of sp³-hybridized carbons (Fsp3) is 0.167. The third-order valence-corrected chi connectivity index (χ3v) is 3.87. The molecule has 25 heavy (non-hydrogen) atoms. The van der Waals surface area contributed by atoms with Crippen LogP contribution < -0.4 is 10.1 Å². The van der Waals surface area contributed by atoms with Crippen molar-refractivity contribution in [3.63, 3.8) is 0 Å². The topological polar surface area (TPSA) is 69.0 Å². The molecule has 0 saturated heterocycles. The lowest BCUT2D eigenvalue weighted by Gasteiger charge is -2.06. The van der Waals surface area contributed by atoms with Crippen LogP contribution in [0.5, 0.6) is 5.75 Å². The molecule has 0 aliphatic heterocycles. The first-order valence-corrected chi connectivity index (χ1v) is 8.05. The predicted molar refractivity (Wildman–Crippen MR) is 97.1 cm³/mol. The monoisotopic (exact) mass is 356 g/mol. The molecular formula is C18H17ClN4O2. The molecule has 128 valence electrons. The van der Waals surface area contributed by atoms with E-state index in [1.54, 1.807) is 19.2 Å². The summed E-state index contributed by atoms with van der Waals surface area (Å²) in [6, 6.07) is 14.8. The van der Waals surface area contributed by atoms with Crippen molar-refractivity contribution in [1.82, 2.24) is 14.8 Å². The van der Waals surface area contributed by atoms with Gasteiger partial charge in [-0.2, -0.15) is 9.67 Å². The molecule has 2 aromatic carbocycles. The van der Waals surface area contributed by atoms with Gasteiger partial charge in [0, 0.05) is 24.1 Å². The lowest BCUT2D eigenvalue weighted by atomic mass is 10.2. The molecule has 6 nitrogen and oxygen atoms in total. The van der Waals surface area contributed by atoms with Gasteiger partial charge in [-0.05, 0) is 42.0 Å². The van der Waals surface area contributed by atoms with Crippen LogP contribution >= 0.6 is 11.6 Å². The highest BCUT2D eigenvalue weighted by Gasteiger charge is 2.14. The van der Waals surface area contributed by atoms with Crippen molar-refractivity contribution < 1.29 is 9.53 Å². The Morgan fingerprint density at radius 2 is 1.84 bits per heavy atom. The lowest BCUT2D eigenvalue weighted by molar-refractivity contribution is 0.0924. The number of rotatable bonds is 5. The number of nitrogens with zero attached hydrogens (tertiary/aromatic N) is 3. The van der Waals surface area contributed by atoms with E-state index in [0.29, 0.717) is 23.3 Å². The molecule has 0 radical (unpaired) electrons. The van der Waals surface area contributed by atoms with E-state index in [2.05, 4.69) is 15.4 Å². The van der Waals surface area contributed by atoms with Gasteiger partial charge in [-0.3, -0.25) is 4.79 Å². The molecule has 0 bridgehead atoms. The van der Waals surface area contributed by atoms with Gasteiger partial charge in [-0.1, -0.05) is 23.7 Å². The molecule has 3 rings (SSSR count). The van der Waals surface area contributed by atoms with E-state index in [0.717, 1.165) is 16.9 Å². The average molecular weight is 357 g/mol. The largest absolute Gasteiger partial charge is 0.497 e. The quantitative estimate of drug-likeness (QED) is 0.751. The fourth-order valence-corrected chi connectivity index (χ4v) is 2.42. The molecule has 0 amide bonds. The Bertz CT molecular complexity index is 873. The molecule has 1 aromatic heterocycles. The highest BCUT2D eigenvalue weighted by atomic mass is 35.5. The van der Waals surface area contributed by atoms with Crippen molar-refractivity contribution in [2.45, 2.75) is 13.5 Å². The SMILES string of the molecule is COc1ccc(CNc2nc(-c3ccc(Cl)cc3)nn2C(C)=O)cc1. The number of halogens is 1. The van der Waals surface area contributed by atoms with Gasteiger partial charge in [0.15, 0.2) is 5.82 Å². The second-order valence-electron chi connectivity index (χ2n) is 5.40. The van der Waals surface area contributed by atoms with Gasteiger partial charge < -0.3 is 10.1 Å². The molecule has 0 spiro atoms. The molecule has 7 heteroatoms. The van der Waals surface area contributed by atoms with Gasteiger partial charge in [-0.25, -0.2) is 0 Å². The van der Waals surface area contributed by atoms with Crippen LogP contribution in [0, 0.1) is 0 Å². The highest BCUT2D eigenvalue weighted by molar-refractivity contribution is 6.30. The van der Waals surface area contributed by atoms with Crippen LogP contribution in [0.4, 0.5) is 5.95 Å². The molecule has 0 saturated carbocycles. The van der Waals surface area contributed by atoms with Crippen molar-refractivity contribution >= 4 is 23.5 Å². The third kappa shape index (κ3) is 3.97. The Hall–Kier alpha value is -2.86. The van der Waals surface area contributed by atoms with Crippen molar-refractivity contribution in [2.24, 2.45) is 0 Å². The van der Waals surface area contributed by atoms with Crippen molar-refractivity contribution in [1.29, 1.82) is 0 Å². The maximum atomic E-state index is 11.8. The molecule has 3 aromatic rings. The maximum absolute atomic E-state index is 11.8. The van der Waals surface area contributed by atoms with Crippen LogP contribution in [0.1, 0.15) is 17.3 Å². The van der Waals surface area contributed by atoms with E-state index >= 15 is 0 Å². The second-order valence-corrected chi connectivity index (χ2v) is 5.83. The summed E-state index contributed by atoms with van der Waals surface area (Å²) in [4.78, 5) is 16.3. The number of ether oxygens (including phenoxy) is 1. The average Bonchev–Trinajstić information content (AvgIpc) is 3.05. The van der Waals surface area contributed by atoms with Gasteiger partial charge >= 0.3 is 0 Å². The van der Waals surface area contributed by atoms with Gasteiger partial charge in [0.1, 0.15) is 5.75 Å². The number of carbonyl (C=O) groups excluding carboxylic acids is 1. The molecule has 1 heterocycles. The number of anilines is 1. The van der Waals surface area contributed by atoms with E-state index in [4.69, 9.17) is 16.3 Å². The molecule has 1 N–H and O–H groups in total. The summed E-state index contributed by atoms with van der Waals surface area (Å²) in [6.07, 6.45) is 0. The molecule has 0 atom stereocenters. The fourth-order valence-electron chi connectivity index (χ4n) is 2.29. The summed E-state index contributed by atoms with van der Waals surface area (Å²) in [5.74, 6) is 1.43. The van der Waals surface area contributed by atoms with Crippen molar-refractivity contribution in [3.05, 3.63) is 59.1 Å². The Morgan fingerprint density at radius 3 is 2.44 bits per heavy atom. The summed E-state index contributed by atoms with van der Waals surface area (Å²) < 4.78 is 6.40. The van der Waals surface area contributed by atoms with E-state index in [9.17, 15) is 4.79 Å². The minimum atomic E-state index is -0.218. The van der Waals surface area contributed by atoms with E-state index < -0.39 is 0 Å². The summed E-state index contributed by atoms with van der Waals surface area (Å²) in [5, 5.41) is 8.06. The smallest absolute Gasteiger partial charge is 0.246 e. The van der Waals surface area contributed by atoms with Crippen LogP contribution in [0.15, 0.2) is 48.5 Å². The van der Waals surface area contributed by atoms with Gasteiger partial charge in [0.2, 0.25) is 11.9 Å². The first-order valence-electron chi connectivity index (χ1n) is 7.67. The molecule has 0 aliphatic rings. The Morgan fingerprint density at radius 1 is 1.16 bits per heavy atom. The first-order chi connectivity index (χ1) is 12.1. The molecule has 0 unspecified atom stereocenters. The van der Waals surface area contributed by atoms with Gasteiger partial charge in [0.25, 0.3) is 0 Å². The summed E-state index contributed by atoms with van der Waals surface area (Å²) in [7, 11) is 1.63. The number of methoxy groups -OCH3 is 1. The number of hydrogen-bond acceptors (Lipinski definition) is 5. The number of aromatic nitrogens is 3. The standard InChI is InChI=1S/C18H17ClN4O2/c1-12(24)23-18(20-11-13-3-9-16(25-2)10-4-13)21-17(22-23)14-5-7-15(19)8-6-14/h3-10H,11H2,1-2H3,(H,20,21,22). The minimum Gasteiger partial charge on any atom is -0.497 e. The number of benzene rings is 2. The van der Waals surface area contributed by atoms with Crippen LogP contribution in [-0.4, -0.2) is 27.8 Å². The van der Waals surface area contributed by atoms with Crippen LogP contribution in [0.2, 0.25) is 5.02 Å². The number of carbonyl (C=O) groups is 1. The Kier molecular flexibility index (Phi) is 5.00. The number of nitrogens with one attached hydrogen (secondary N) is 1. The highest BCUT2D eigenvalue weighted by Crippen LogP contribution is 2.21. The molecule has 0 aliphatic carbocycles. The predicted octanol–water partition coefficient (Wildman–Crippen LogP) is 3.88.